The standard InChI is InChI=1S/C9H11NOS/c10-9(11)5-6-12-8-4-2-1-3-7(8)9/h1-4,11H,5-6,10H2. The lowest BCUT2D eigenvalue weighted by atomic mass is 10.0. The highest BCUT2D eigenvalue weighted by Gasteiger charge is 2.29. The molecule has 1 atom stereocenters. The molecular formula is C9H11NOS. The minimum atomic E-state index is -1.11. The SMILES string of the molecule is NC1(O)CCSc2ccccc21. The van der Waals surface area contributed by atoms with Crippen LogP contribution in [-0.2, 0) is 5.72 Å². The third kappa shape index (κ3) is 1.24. The van der Waals surface area contributed by atoms with Gasteiger partial charge in [0.2, 0.25) is 0 Å². The molecule has 0 spiro atoms. The molecule has 0 fully saturated rings. The van der Waals surface area contributed by atoms with Gasteiger partial charge in [0.1, 0.15) is 5.72 Å². The Morgan fingerprint density at radius 1 is 1.42 bits per heavy atom. The van der Waals surface area contributed by atoms with Gasteiger partial charge in [-0.3, -0.25) is 5.73 Å². The summed E-state index contributed by atoms with van der Waals surface area (Å²) in [5.41, 5.74) is 5.48. The maximum Gasteiger partial charge on any atom is 0.141 e. The smallest absolute Gasteiger partial charge is 0.141 e. The highest BCUT2D eigenvalue weighted by Crippen LogP contribution is 2.36. The minimum Gasteiger partial charge on any atom is -0.372 e. The average molecular weight is 181 g/mol. The number of fused-ring (bicyclic) bond motifs is 1. The minimum absolute atomic E-state index is 0.634. The summed E-state index contributed by atoms with van der Waals surface area (Å²) < 4.78 is 0. The van der Waals surface area contributed by atoms with E-state index in [4.69, 9.17) is 5.73 Å². The maximum atomic E-state index is 9.79. The number of benzene rings is 1. The predicted octanol–water partition coefficient (Wildman–Crippen LogP) is 1.29. The number of nitrogens with two attached hydrogens (primary N) is 1. The number of rotatable bonds is 0. The van der Waals surface area contributed by atoms with E-state index in [0.29, 0.717) is 6.42 Å². The lowest BCUT2D eigenvalue weighted by Crippen LogP contribution is -2.39. The molecule has 0 radical (unpaired) electrons. The Hall–Kier alpha value is -0.510. The molecule has 3 N–H and O–H groups in total. The third-order valence-electron chi connectivity index (χ3n) is 2.09. The first kappa shape index (κ1) is 8.10. The summed E-state index contributed by atoms with van der Waals surface area (Å²) in [6.07, 6.45) is 0.634. The summed E-state index contributed by atoms with van der Waals surface area (Å²) in [4.78, 5) is 1.11. The van der Waals surface area contributed by atoms with Crippen LogP contribution >= 0.6 is 11.8 Å². The first-order valence-corrected chi connectivity index (χ1v) is 4.92. The van der Waals surface area contributed by atoms with Crippen LogP contribution in [0.4, 0.5) is 0 Å². The summed E-state index contributed by atoms with van der Waals surface area (Å²) in [5.74, 6) is 0.893. The first-order chi connectivity index (χ1) is 5.70. The van der Waals surface area contributed by atoms with Crippen molar-refractivity contribution in [3.8, 4) is 0 Å². The van der Waals surface area contributed by atoms with Crippen molar-refractivity contribution in [3.05, 3.63) is 29.8 Å². The zero-order valence-corrected chi connectivity index (χ0v) is 7.47. The van der Waals surface area contributed by atoms with Gasteiger partial charge in [-0.1, -0.05) is 18.2 Å². The highest BCUT2D eigenvalue weighted by atomic mass is 32.2. The van der Waals surface area contributed by atoms with Crippen LogP contribution in [-0.4, -0.2) is 10.9 Å². The van der Waals surface area contributed by atoms with Crippen molar-refractivity contribution in [1.29, 1.82) is 0 Å². The summed E-state index contributed by atoms with van der Waals surface area (Å²) in [5, 5.41) is 9.79. The van der Waals surface area contributed by atoms with Gasteiger partial charge < -0.3 is 5.11 Å². The van der Waals surface area contributed by atoms with Crippen molar-refractivity contribution in [3.63, 3.8) is 0 Å². The van der Waals surface area contributed by atoms with Crippen molar-refractivity contribution in [1.82, 2.24) is 0 Å². The summed E-state index contributed by atoms with van der Waals surface area (Å²) in [6, 6.07) is 7.76. The Balaban J connectivity index is 2.52. The van der Waals surface area contributed by atoms with Crippen LogP contribution in [0.25, 0.3) is 0 Å². The van der Waals surface area contributed by atoms with Crippen LogP contribution in [0.2, 0.25) is 0 Å². The topological polar surface area (TPSA) is 46.2 Å². The number of thioether (sulfide) groups is 1. The van der Waals surface area contributed by atoms with Crippen molar-refractivity contribution < 1.29 is 5.11 Å². The predicted molar refractivity (Wildman–Crippen MR) is 49.9 cm³/mol. The van der Waals surface area contributed by atoms with Crippen molar-refractivity contribution in [2.75, 3.05) is 5.75 Å². The Kier molecular flexibility index (Phi) is 1.87. The molecule has 3 heteroatoms. The fraction of sp³-hybridized carbons (Fsp3) is 0.333. The molecule has 12 heavy (non-hydrogen) atoms. The summed E-state index contributed by atoms with van der Waals surface area (Å²) >= 11 is 1.75. The number of aliphatic hydroxyl groups is 1. The molecular weight excluding hydrogens is 170 g/mol. The highest BCUT2D eigenvalue weighted by molar-refractivity contribution is 7.99. The fourth-order valence-corrected chi connectivity index (χ4v) is 2.61. The van der Waals surface area contributed by atoms with Crippen molar-refractivity contribution in [2.24, 2.45) is 5.73 Å². The molecule has 1 aromatic rings. The average Bonchev–Trinajstić information content (AvgIpc) is 2.04. The molecule has 0 saturated heterocycles. The lowest BCUT2D eigenvalue weighted by Gasteiger charge is -2.29. The van der Waals surface area contributed by atoms with Gasteiger partial charge >= 0.3 is 0 Å². The van der Waals surface area contributed by atoms with Crippen LogP contribution in [0.1, 0.15) is 12.0 Å². The molecule has 2 nitrogen and oxygen atoms in total. The van der Waals surface area contributed by atoms with Gasteiger partial charge in [-0.2, -0.15) is 0 Å². The van der Waals surface area contributed by atoms with E-state index in [1.165, 1.54) is 0 Å². The third-order valence-corrected chi connectivity index (χ3v) is 3.17. The molecule has 1 aliphatic heterocycles. The molecule has 1 aliphatic rings. The molecule has 0 aliphatic carbocycles. The number of hydrogen-bond acceptors (Lipinski definition) is 3. The Morgan fingerprint density at radius 2 is 2.17 bits per heavy atom. The van der Waals surface area contributed by atoms with E-state index in [2.05, 4.69) is 0 Å². The van der Waals surface area contributed by atoms with Gasteiger partial charge in [0.25, 0.3) is 0 Å². The molecule has 0 saturated carbocycles. The molecule has 0 amide bonds. The zero-order valence-electron chi connectivity index (χ0n) is 6.66. The second-order valence-electron chi connectivity index (χ2n) is 3.02. The van der Waals surface area contributed by atoms with Crippen LogP contribution in [0, 0.1) is 0 Å². The normalized spacial score (nSPS) is 28.2. The van der Waals surface area contributed by atoms with Crippen LogP contribution in [0.5, 0.6) is 0 Å². The van der Waals surface area contributed by atoms with Gasteiger partial charge in [-0.05, 0) is 6.07 Å². The van der Waals surface area contributed by atoms with Gasteiger partial charge in [-0.25, -0.2) is 0 Å². The molecule has 64 valence electrons. The van der Waals surface area contributed by atoms with Gasteiger partial charge in [0.15, 0.2) is 0 Å². The van der Waals surface area contributed by atoms with E-state index in [0.717, 1.165) is 16.2 Å². The monoisotopic (exact) mass is 181 g/mol. The lowest BCUT2D eigenvalue weighted by molar-refractivity contribution is 0.0362. The Morgan fingerprint density at radius 3 is 2.92 bits per heavy atom. The second kappa shape index (κ2) is 2.76. The van der Waals surface area contributed by atoms with Crippen molar-refractivity contribution >= 4 is 11.8 Å². The second-order valence-corrected chi connectivity index (χ2v) is 4.16. The number of hydrogen-bond donors (Lipinski definition) is 2. The van der Waals surface area contributed by atoms with E-state index >= 15 is 0 Å². The van der Waals surface area contributed by atoms with Crippen LogP contribution in [0.3, 0.4) is 0 Å². The molecule has 1 unspecified atom stereocenters. The van der Waals surface area contributed by atoms with E-state index in [1.54, 1.807) is 11.8 Å². The van der Waals surface area contributed by atoms with E-state index in [1.807, 2.05) is 24.3 Å². The van der Waals surface area contributed by atoms with Crippen molar-refractivity contribution in [2.45, 2.75) is 17.0 Å². The Labute approximate surface area is 75.8 Å². The molecule has 0 aromatic heterocycles. The Bertz CT molecular complexity index is 298. The van der Waals surface area contributed by atoms with E-state index in [9.17, 15) is 5.11 Å². The first-order valence-electron chi connectivity index (χ1n) is 3.94. The quantitative estimate of drug-likeness (QED) is 0.593. The molecule has 1 heterocycles. The van der Waals surface area contributed by atoms with Crippen LogP contribution in [0.15, 0.2) is 29.2 Å². The van der Waals surface area contributed by atoms with E-state index in [-0.39, 0.29) is 0 Å². The van der Waals surface area contributed by atoms with Gasteiger partial charge in [0, 0.05) is 22.6 Å². The van der Waals surface area contributed by atoms with Gasteiger partial charge in [-0.15, -0.1) is 11.8 Å². The summed E-state index contributed by atoms with van der Waals surface area (Å²) in [6.45, 7) is 0. The molecule has 1 aromatic carbocycles. The molecule has 0 bridgehead atoms. The largest absolute Gasteiger partial charge is 0.372 e. The van der Waals surface area contributed by atoms with E-state index < -0.39 is 5.72 Å². The van der Waals surface area contributed by atoms with Crippen LogP contribution < -0.4 is 5.73 Å². The summed E-state index contributed by atoms with van der Waals surface area (Å²) in [7, 11) is 0. The fourth-order valence-electron chi connectivity index (χ4n) is 1.40. The maximum absolute atomic E-state index is 9.79. The molecule has 2 rings (SSSR count). The zero-order chi connectivity index (χ0) is 8.60. The van der Waals surface area contributed by atoms with Gasteiger partial charge in [0.05, 0.1) is 0 Å².